The van der Waals surface area contributed by atoms with Gasteiger partial charge in [-0.05, 0) is 67.3 Å². The first kappa shape index (κ1) is 36.7. The number of hydrogen-bond donors (Lipinski definition) is 3. The van der Waals surface area contributed by atoms with Gasteiger partial charge in [-0.2, -0.15) is 5.10 Å². The van der Waals surface area contributed by atoms with Crippen molar-refractivity contribution < 1.29 is 24.2 Å². The normalized spacial score (nSPS) is 18.3. The molecule has 2 fully saturated rings. The van der Waals surface area contributed by atoms with Crippen LogP contribution in [0.15, 0.2) is 72.9 Å². The van der Waals surface area contributed by atoms with Crippen molar-refractivity contribution in [3.8, 4) is 33.8 Å². The van der Waals surface area contributed by atoms with Crippen LogP contribution in [0.25, 0.3) is 33.2 Å². The van der Waals surface area contributed by atoms with Gasteiger partial charge in [-0.15, -0.1) is 0 Å². The lowest BCUT2D eigenvalue weighted by atomic mass is 9.79. The average Bonchev–Trinajstić information content (AvgIpc) is 3.74. The summed E-state index contributed by atoms with van der Waals surface area (Å²) >= 11 is 14.1. The highest BCUT2D eigenvalue weighted by atomic mass is 35.5. The van der Waals surface area contributed by atoms with Gasteiger partial charge in [0.1, 0.15) is 11.5 Å². The predicted octanol–water partition coefficient (Wildman–Crippen LogP) is 7.41. The minimum atomic E-state index is -0.726. The molecule has 12 heteroatoms. The van der Waals surface area contributed by atoms with Gasteiger partial charge in [-0.25, -0.2) is 0 Å². The maximum Gasteiger partial charge on any atom is 0.306 e. The van der Waals surface area contributed by atoms with E-state index in [2.05, 4.69) is 33.7 Å². The van der Waals surface area contributed by atoms with Gasteiger partial charge in [0.25, 0.3) is 0 Å². The molecular formula is C41H43Cl2N5O5. The van der Waals surface area contributed by atoms with Gasteiger partial charge in [0.15, 0.2) is 0 Å². The molecule has 1 aromatic heterocycles. The molecule has 2 heterocycles. The number of methoxy groups -OCH3 is 2. The lowest BCUT2D eigenvalue weighted by Gasteiger charge is -2.39. The highest BCUT2D eigenvalue weighted by Crippen LogP contribution is 2.41. The highest BCUT2D eigenvalue weighted by molar-refractivity contribution is 6.36. The topological polar surface area (TPSA) is 118 Å². The van der Waals surface area contributed by atoms with Gasteiger partial charge in [-0.3, -0.25) is 19.2 Å². The molecule has 276 valence electrons. The largest absolute Gasteiger partial charge is 0.496 e. The zero-order valence-electron chi connectivity index (χ0n) is 30.0. The van der Waals surface area contributed by atoms with Crippen LogP contribution in [0.1, 0.15) is 42.4 Å². The third kappa shape index (κ3) is 7.73. The third-order valence-corrected chi connectivity index (χ3v) is 11.4. The number of fused-ring (bicyclic) bond motifs is 1. The minimum Gasteiger partial charge on any atom is -0.496 e. The zero-order valence-corrected chi connectivity index (χ0v) is 31.5. The molecule has 10 nitrogen and oxygen atoms in total. The monoisotopic (exact) mass is 755 g/mol. The van der Waals surface area contributed by atoms with Crippen molar-refractivity contribution >= 4 is 46.0 Å². The Morgan fingerprint density at radius 3 is 2.45 bits per heavy atom. The Labute approximate surface area is 319 Å². The fourth-order valence-corrected chi connectivity index (χ4v) is 8.06. The molecule has 1 amide bonds. The van der Waals surface area contributed by atoms with Crippen LogP contribution in [-0.4, -0.2) is 71.6 Å². The van der Waals surface area contributed by atoms with Gasteiger partial charge < -0.3 is 25.2 Å². The minimum absolute atomic E-state index is 0.111. The van der Waals surface area contributed by atoms with E-state index in [1.165, 1.54) is 0 Å². The van der Waals surface area contributed by atoms with E-state index in [0.29, 0.717) is 55.5 Å². The number of carbonyl (C=O) groups is 2. The first-order chi connectivity index (χ1) is 25.6. The van der Waals surface area contributed by atoms with Crippen LogP contribution >= 0.6 is 23.2 Å². The van der Waals surface area contributed by atoms with Crippen molar-refractivity contribution in [3.05, 3.63) is 99.7 Å². The van der Waals surface area contributed by atoms with Crippen molar-refractivity contribution in [1.82, 2.24) is 25.3 Å². The molecule has 2 aliphatic rings. The van der Waals surface area contributed by atoms with Crippen LogP contribution in [-0.2, 0) is 29.2 Å². The Hall–Kier alpha value is -4.61. The van der Waals surface area contributed by atoms with Crippen molar-refractivity contribution in [2.45, 2.75) is 57.4 Å². The molecule has 7 rings (SSSR count). The Kier molecular flexibility index (Phi) is 10.9. The van der Waals surface area contributed by atoms with E-state index in [4.69, 9.17) is 37.8 Å². The standard InChI is InChI=1S/C41H43Cl2N5O5/c1-47(30-14-26(15-30)41(50)51)22-28-16-35(42)27(18-38(28)53-3)23-48-36-9-5-7-32(34(36)21-45-48)33-8-4-6-31(40(33)43)24-10-11-25(37(17-24)52-2)19-44-20-29-12-13-39(49)46-29/h4-11,16-18,21,26,29-30,44H,12-15,19-20,22-23H2,1-3H3,(H,46,49)(H,50,51)/t26?,29-,30?/m0/s1. The first-order valence-corrected chi connectivity index (χ1v) is 18.6. The molecule has 0 bridgehead atoms. The summed E-state index contributed by atoms with van der Waals surface area (Å²) in [6, 6.07) is 22.6. The number of nitrogens with one attached hydrogen (secondary N) is 2. The number of ether oxygens (including phenoxy) is 2. The van der Waals surface area contributed by atoms with Crippen LogP contribution in [0.5, 0.6) is 11.5 Å². The summed E-state index contributed by atoms with van der Waals surface area (Å²) in [7, 11) is 5.32. The van der Waals surface area contributed by atoms with Crippen LogP contribution in [0.2, 0.25) is 10.0 Å². The molecule has 3 N–H and O–H groups in total. The molecule has 0 unspecified atom stereocenters. The number of carbonyl (C=O) groups excluding carboxylic acids is 1. The number of amides is 1. The van der Waals surface area contributed by atoms with Crippen LogP contribution in [0.3, 0.4) is 0 Å². The van der Waals surface area contributed by atoms with Crippen molar-refractivity contribution in [1.29, 1.82) is 0 Å². The lowest BCUT2D eigenvalue weighted by Crippen LogP contribution is -2.44. The molecule has 0 radical (unpaired) electrons. The van der Waals surface area contributed by atoms with E-state index < -0.39 is 5.97 Å². The fourth-order valence-electron chi connectivity index (χ4n) is 7.48. The predicted molar refractivity (Wildman–Crippen MR) is 208 cm³/mol. The summed E-state index contributed by atoms with van der Waals surface area (Å²) in [6.07, 6.45) is 4.60. The quantitative estimate of drug-likeness (QED) is 0.107. The molecule has 5 aromatic rings. The number of aromatic nitrogens is 2. The average molecular weight is 757 g/mol. The lowest BCUT2D eigenvalue weighted by molar-refractivity contribution is -0.146. The van der Waals surface area contributed by atoms with Crippen LogP contribution in [0, 0.1) is 5.92 Å². The molecule has 1 aliphatic carbocycles. The Morgan fingerprint density at radius 2 is 1.72 bits per heavy atom. The molecule has 1 atom stereocenters. The summed E-state index contributed by atoms with van der Waals surface area (Å²) in [6.45, 7) is 2.36. The van der Waals surface area contributed by atoms with Crippen molar-refractivity contribution in [2.75, 3.05) is 27.8 Å². The molecule has 1 saturated heterocycles. The van der Waals surface area contributed by atoms with E-state index in [1.54, 1.807) is 14.2 Å². The van der Waals surface area contributed by atoms with Gasteiger partial charge in [0.05, 0.1) is 43.4 Å². The number of nitrogens with zero attached hydrogens (tertiary/aromatic N) is 3. The maximum atomic E-state index is 11.5. The fraction of sp³-hybridized carbons (Fsp3) is 0.341. The van der Waals surface area contributed by atoms with Crippen LogP contribution < -0.4 is 20.1 Å². The number of rotatable bonds is 14. The van der Waals surface area contributed by atoms with E-state index in [0.717, 1.165) is 67.8 Å². The first-order valence-electron chi connectivity index (χ1n) is 17.8. The summed E-state index contributed by atoms with van der Waals surface area (Å²) in [5.74, 6) is 0.606. The smallest absolute Gasteiger partial charge is 0.306 e. The molecule has 1 saturated carbocycles. The number of aliphatic carboxylic acids is 1. The van der Waals surface area contributed by atoms with E-state index >= 15 is 0 Å². The Morgan fingerprint density at radius 1 is 0.981 bits per heavy atom. The third-order valence-electron chi connectivity index (χ3n) is 10.6. The second-order valence-corrected chi connectivity index (χ2v) is 14.8. The second-order valence-electron chi connectivity index (χ2n) is 14.0. The van der Waals surface area contributed by atoms with Gasteiger partial charge in [0, 0.05) is 70.8 Å². The Bertz CT molecular complexity index is 2160. The molecule has 53 heavy (non-hydrogen) atoms. The van der Waals surface area contributed by atoms with E-state index in [-0.39, 0.29) is 23.9 Å². The van der Waals surface area contributed by atoms with Gasteiger partial charge >= 0.3 is 5.97 Å². The van der Waals surface area contributed by atoms with Crippen molar-refractivity contribution in [3.63, 3.8) is 0 Å². The maximum absolute atomic E-state index is 11.5. The summed E-state index contributed by atoms with van der Waals surface area (Å²) in [4.78, 5) is 25.0. The van der Waals surface area contributed by atoms with Crippen molar-refractivity contribution in [2.24, 2.45) is 5.92 Å². The summed E-state index contributed by atoms with van der Waals surface area (Å²) < 4.78 is 13.5. The highest BCUT2D eigenvalue weighted by Gasteiger charge is 2.37. The SMILES string of the molecule is COc1cc(-c2cccc(-c3cccc4c3cnn4Cc3cc(OC)c(CN(C)C4CC(C(=O)O)C4)cc3Cl)c2Cl)ccc1CNC[C@@H]1CCC(=O)N1. The van der Waals surface area contributed by atoms with Crippen LogP contribution in [0.4, 0.5) is 0 Å². The molecular weight excluding hydrogens is 713 g/mol. The number of carboxylic acid groups (broad SMARTS) is 1. The van der Waals surface area contributed by atoms with Gasteiger partial charge in [-0.1, -0.05) is 65.7 Å². The Balaban J connectivity index is 1.10. The number of halogens is 2. The zero-order chi connectivity index (χ0) is 37.2. The van der Waals surface area contributed by atoms with E-state index in [1.807, 2.05) is 66.5 Å². The number of carboxylic acids is 1. The molecule has 0 spiro atoms. The molecule has 1 aliphatic heterocycles. The summed E-state index contributed by atoms with van der Waals surface area (Å²) in [5, 5.41) is 22.7. The van der Waals surface area contributed by atoms with E-state index in [9.17, 15) is 14.7 Å². The van der Waals surface area contributed by atoms with Gasteiger partial charge in [0.2, 0.25) is 5.91 Å². The summed E-state index contributed by atoms with van der Waals surface area (Å²) in [5.41, 5.74) is 7.48. The number of benzene rings is 4. The molecule has 4 aromatic carbocycles. The number of hydrogen-bond acceptors (Lipinski definition) is 7. The second kappa shape index (κ2) is 15.8.